The summed E-state index contributed by atoms with van der Waals surface area (Å²) in [6.45, 7) is 0. The Bertz CT molecular complexity index is 936. The molecule has 1 aromatic heterocycles. The molecule has 0 atom stereocenters. The summed E-state index contributed by atoms with van der Waals surface area (Å²) >= 11 is 5.91. The van der Waals surface area contributed by atoms with Crippen molar-refractivity contribution in [1.29, 1.82) is 0 Å². The van der Waals surface area contributed by atoms with Crippen molar-refractivity contribution in [3.8, 4) is 5.75 Å². The molecule has 3 aromatic rings. The van der Waals surface area contributed by atoms with Gasteiger partial charge in [-0.2, -0.15) is 0 Å². The maximum Gasteiger partial charge on any atom is 0.573 e. The monoisotopic (exact) mass is 379 g/mol. The molecule has 0 spiro atoms. The summed E-state index contributed by atoms with van der Waals surface area (Å²) in [7, 11) is 1.83. The third-order valence-electron chi connectivity index (χ3n) is 3.46. The van der Waals surface area contributed by atoms with Gasteiger partial charge in [-0.25, -0.2) is 9.98 Å². The van der Waals surface area contributed by atoms with E-state index in [1.807, 2.05) is 37.4 Å². The van der Waals surface area contributed by atoms with Crippen molar-refractivity contribution in [3.05, 3.63) is 77.3 Å². The molecule has 2 aromatic carbocycles. The molecule has 0 N–H and O–H groups in total. The first kappa shape index (κ1) is 18.0. The molecule has 8 heteroatoms. The van der Waals surface area contributed by atoms with Crippen molar-refractivity contribution in [2.45, 2.75) is 6.36 Å². The standard InChI is InChI=1S/C18H13ClF3N3O/c1-25-10-9-23-17(25)16(12-5-3-2-4-6-12)24-13-7-8-15(14(19)11-13)26-18(20,21)22/h2-11H,1H3. The zero-order valence-electron chi connectivity index (χ0n) is 13.5. The number of aliphatic imine (C=N–C) groups is 1. The number of aromatic nitrogens is 2. The Morgan fingerprint density at radius 1 is 1.15 bits per heavy atom. The molecule has 0 saturated heterocycles. The Kier molecular flexibility index (Phi) is 4.99. The number of hydrogen-bond donors (Lipinski definition) is 0. The molecule has 0 amide bonds. The smallest absolute Gasteiger partial charge is 0.404 e. The molecule has 0 bridgehead atoms. The summed E-state index contributed by atoms with van der Waals surface area (Å²) in [6.07, 6.45) is -1.39. The van der Waals surface area contributed by atoms with Gasteiger partial charge in [-0.3, -0.25) is 0 Å². The van der Waals surface area contributed by atoms with Crippen molar-refractivity contribution in [2.24, 2.45) is 12.0 Å². The first-order valence-corrected chi connectivity index (χ1v) is 7.88. The Hall–Kier alpha value is -2.80. The number of rotatable bonds is 4. The SMILES string of the molecule is Cn1ccnc1C(=Nc1ccc(OC(F)(F)F)c(Cl)c1)c1ccccc1. The van der Waals surface area contributed by atoms with E-state index in [1.165, 1.54) is 12.1 Å². The fourth-order valence-corrected chi connectivity index (χ4v) is 2.54. The van der Waals surface area contributed by atoms with Gasteiger partial charge in [-0.05, 0) is 18.2 Å². The number of alkyl halides is 3. The van der Waals surface area contributed by atoms with E-state index in [0.29, 0.717) is 17.2 Å². The fourth-order valence-electron chi connectivity index (χ4n) is 2.33. The van der Waals surface area contributed by atoms with Gasteiger partial charge in [0.2, 0.25) is 0 Å². The van der Waals surface area contributed by atoms with Crippen LogP contribution in [0.15, 0.2) is 65.9 Å². The van der Waals surface area contributed by atoms with Gasteiger partial charge in [0.1, 0.15) is 11.5 Å². The molecule has 0 aliphatic rings. The first-order chi connectivity index (χ1) is 12.3. The Morgan fingerprint density at radius 2 is 1.88 bits per heavy atom. The van der Waals surface area contributed by atoms with Crippen LogP contribution in [0.5, 0.6) is 5.75 Å². The maximum absolute atomic E-state index is 12.4. The number of aryl methyl sites for hydroxylation is 1. The second kappa shape index (κ2) is 7.21. The molecule has 0 unspecified atom stereocenters. The van der Waals surface area contributed by atoms with Gasteiger partial charge >= 0.3 is 6.36 Å². The summed E-state index contributed by atoms with van der Waals surface area (Å²) in [5, 5.41) is -0.184. The van der Waals surface area contributed by atoms with E-state index in [1.54, 1.807) is 17.0 Å². The Morgan fingerprint density at radius 3 is 2.46 bits per heavy atom. The molecule has 26 heavy (non-hydrogen) atoms. The van der Waals surface area contributed by atoms with Crippen molar-refractivity contribution in [3.63, 3.8) is 0 Å². The van der Waals surface area contributed by atoms with Crippen LogP contribution in [0.1, 0.15) is 11.4 Å². The van der Waals surface area contributed by atoms with Crippen molar-refractivity contribution < 1.29 is 17.9 Å². The highest BCUT2D eigenvalue weighted by Crippen LogP contribution is 2.33. The van der Waals surface area contributed by atoms with E-state index in [9.17, 15) is 13.2 Å². The van der Waals surface area contributed by atoms with Crippen molar-refractivity contribution >= 4 is 23.0 Å². The molecule has 0 aliphatic heterocycles. The third kappa shape index (κ3) is 4.23. The van der Waals surface area contributed by atoms with E-state index >= 15 is 0 Å². The van der Waals surface area contributed by atoms with Crippen molar-refractivity contribution in [1.82, 2.24) is 9.55 Å². The predicted octanol–water partition coefficient (Wildman–Crippen LogP) is 5.14. The van der Waals surface area contributed by atoms with E-state index in [4.69, 9.17) is 11.6 Å². The fraction of sp³-hybridized carbons (Fsp3) is 0.111. The third-order valence-corrected chi connectivity index (χ3v) is 3.76. The Balaban J connectivity index is 2.04. The van der Waals surface area contributed by atoms with Crippen LogP contribution >= 0.6 is 11.6 Å². The van der Waals surface area contributed by atoms with Gasteiger partial charge in [-0.1, -0.05) is 41.9 Å². The number of hydrogen-bond acceptors (Lipinski definition) is 3. The van der Waals surface area contributed by atoms with Gasteiger partial charge in [0.05, 0.1) is 10.7 Å². The first-order valence-electron chi connectivity index (χ1n) is 7.50. The molecule has 1 heterocycles. The van der Waals surface area contributed by atoms with E-state index in [2.05, 4.69) is 14.7 Å². The highest BCUT2D eigenvalue weighted by Gasteiger charge is 2.32. The van der Waals surface area contributed by atoms with Crippen molar-refractivity contribution in [2.75, 3.05) is 0 Å². The number of ether oxygens (including phenoxy) is 1. The molecular weight excluding hydrogens is 367 g/mol. The minimum Gasteiger partial charge on any atom is -0.404 e. The van der Waals surface area contributed by atoms with E-state index in [0.717, 1.165) is 11.6 Å². The number of halogens is 4. The van der Waals surface area contributed by atoms with Gasteiger partial charge in [0.15, 0.2) is 5.82 Å². The normalized spacial score (nSPS) is 12.3. The molecule has 134 valence electrons. The second-order valence-electron chi connectivity index (χ2n) is 5.35. The quantitative estimate of drug-likeness (QED) is 0.589. The van der Waals surface area contributed by atoms with Crippen LogP contribution in [0.3, 0.4) is 0 Å². The summed E-state index contributed by atoms with van der Waals surface area (Å²) in [6, 6.07) is 13.2. The second-order valence-corrected chi connectivity index (χ2v) is 5.76. The van der Waals surface area contributed by atoms with Gasteiger partial charge in [-0.15, -0.1) is 13.2 Å². The van der Waals surface area contributed by atoms with Crippen LogP contribution in [-0.2, 0) is 7.05 Å². The lowest BCUT2D eigenvalue weighted by Gasteiger charge is -2.11. The van der Waals surface area contributed by atoms with Crippen LogP contribution in [0.4, 0.5) is 18.9 Å². The maximum atomic E-state index is 12.4. The number of imidazole rings is 1. The molecular formula is C18H13ClF3N3O. The minimum atomic E-state index is -4.81. The number of benzene rings is 2. The lowest BCUT2D eigenvalue weighted by atomic mass is 10.1. The molecule has 0 radical (unpaired) electrons. The summed E-state index contributed by atoms with van der Waals surface area (Å²) in [4.78, 5) is 8.85. The van der Waals surface area contributed by atoms with Crippen LogP contribution in [-0.4, -0.2) is 21.6 Å². The average Bonchev–Trinajstić information content (AvgIpc) is 3.00. The molecule has 0 aliphatic carbocycles. The molecule has 0 saturated carbocycles. The largest absolute Gasteiger partial charge is 0.573 e. The predicted molar refractivity (Wildman–Crippen MR) is 93.1 cm³/mol. The topological polar surface area (TPSA) is 39.4 Å². The molecule has 0 fully saturated rings. The minimum absolute atomic E-state index is 0.184. The Labute approximate surface area is 152 Å². The number of nitrogens with zero attached hydrogens (tertiary/aromatic N) is 3. The summed E-state index contributed by atoms with van der Waals surface area (Å²) in [5.41, 5.74) is 1.76. The summed E-state index contributed by atoms with van der Waals surface area (Å²) in [5.74, 6) is 0.138. The van der Waals surface area contributed by atoms with Gasteiger partial charge < -0.3 is 9.30 Å². The molecule has 4 nitrogen and oxygen atoms in total. The molecule has 3 rings (SSSR count). The zero-order chi connectivity index (χ0) is 18.7. The van der Waals surface area contributed by atoms with E-state index < -0.39 is 12.1 Å². The van der Waals surface area contributed by atoms with Crippen LogP contribution in [0, 0.1) is 0 Å². The van der Waals surface area contributed by atoms with Gasteiger partial charge in [0.25, 0.3) is 0 Å². The average molecular weight is 380 g/mol. The summed E-state index contributed by atoms with van der Waals surface area (Å²) < 4.78 is 42.8. The lowest BCUT2D eigenvalue weighted by molar-refractivity contribution is -0.274. The van der Waals surface area contributed by atoms with Gasteiger partial charge in [0, 0.05) is 25.0 Å². The highest BCUT2D eigenvalue weighted by molar-refractivity contribution is 6.32. The lowest BCUT2D eigenvalue weighted by Crippen LogP contribution is -2.17. The zero-order valence-corrected chi connectivity index (χ0v) is 14.3. The highest BCUT2D eigenvalue weighted by atomic mass is 35.5. The van der Waals surface area contributed by atoms with Crippen LogP contribution < -0.4 is 4.74 Å². The van der Waals surface area contributed by atoms with Crippen LogP contribution in [0.2, 0.25) is 5.02 Å². The van der Waals surface area contributed by atoms with E-state index in [-0.39, 0.29) is 5.02 Å². The van der Waals surface area contributed by atoms with Crippen LogP contribution in [0.25, 0.3) is 0 Å².